The van der Waals surface area contributed by atoms with E-state index in [0.717, 1.165) is 25.1 Å². The van der Waals surface area contributed by atoms with E-state index in [2.05, 4.69) is 11.4 Å². The molecule has 0 aliphatic rings. The third-order valence-corrected chi connectivity index (χ3v) is 2.89. The first kappa shape index (κ1) is 14.0. The van der Waals surface area contributed by atoms with Crippen molar-refractivity contribution in [3.05, 3.63) is 34.1 Å². The molecule has 0 aliphatic carbocycles. The summed E-state index contributed by atoms with van der Waals surface area (Å²) in [5.74, 6) is -0.214. The maximum atomic E-state index is 13.3. The van der Waals surface area contributed by atoms with Crippen molar-refractivity contribution >= 4 is 11.6 Å². The lowest BCUT2D eigenvalue weighted by atomic mass is 10.1. The molecular weight excluding hydrogens is 239 g/mol. The van der Waals surface area contributed by atoms with E-state index in [1.165, 1.54) is 6.07 Å². The zero-order chi connectivity index (χ0) is 12.7. The number of aryl methyl sites for hydroxylation is 1. The van der Waals surface area contributed by atoms with Crippen LogP contribution >= 0.6 is 11.6 Å². The Balaban J connectivity index is 2.37. The summed E-state index contributed by atoms with van der Waals surface area (Å²) in [6, 6.07) is 5.24. The summed E-state index contributed by atoms with van der Waals surface area (Å²) in [4.78, 5) is 0. The van der Waals surface area contributed by atoms with Gasteiger partial charge in [-0.05, 0) is 56.1 Å². The zero-order valence-corrected chi connectivity index (χ0v) is 10.6. The molecule has 0 radical (unpaired) electrons. The molecule has 92 valence electrons. The van der Waals surface area contributed by atoms with Gasteiger partial charge in [0.25, 0.3) is 0 Å². The normalized spacial score (nSPS) is 10.2. The van der Waals surface area contributed by atoms with Gasteiger partial charge in [-0.25, -0.2) is 4.39 Å². The number of nitrogens with one attached hydrogen (secondary N) is 1. The first-order valence-electron chi connectivity index (χ1n) is 5.67. The minimum atomic E-state index is -0.214. The summed E-state index contributed by atoms with van der Waals surface area (Å²) in [5.41, 5.74) is 1.39. The van der Waals surface area contributed by atoms with Crippen molar-refractivity contribution in [3.8, 4) is 6.07 Å². The topological polar surface area (TPSA) is 35.8 Å². The zero-order valence-electron chi connectivity index (χ0n) is 9.89. The minimum Gasteiger partial charge on any atom is -0.316 e. The highest BCUT2D eigenvalue weighted by molar-refractivity contribution is 6.31. The van der Waals surface area contributed by atoms with Crippen molar-refractivity contribution in [2.75, 3.05) is 13.1 Å². The Morgan fingerprint density at radius 3 is 2.88 bits per heavy atom. The van der Waals surface area contributed by atoms with Crippen molar-refractivity contribution in [1.82, 2.24) is 5.32 Å². The lowest BCUT2D eigenvalue weighted by Crippen LogP contribution is -2.18. The molecule has 1 aromatic rings. The fourth-order valence-electron chi connectivity index (χ4n) is 1.52. The van der Waals surface area contributed by atoms with Crippen LogP contribution < -0.4 is 5.32 Å². The average Bonchev–Trinajstić information content (AvgIpc) is 2.30. The van der Waals surface area contributed by atoms with Crippen LogP contribution in [0.5, 0.6) is 0 Å². The number of nitriles is 1. The summed E-state index contributed by atoms with van der Waals surface area (Å²) in [5, 5.41) is 12.2. The molecule has 0 spiro atoms. The van der Waals surface area contributed by atoms with E-state index in [1.54, 1.807) is 13.0 Å². The first-order valence-corrected chi connectivity index (χ1v) is 6.05. The molecular formula is C13H16ClFN2. The van der Waals surface area contributed by atoms with Gasteiger partial charge in [0.15, 0.2) is 0 Å². The number of benzene rings is 1. The van der Waals surface area contributed by atoms with E-state index in [9.17, 15) is 4.39 Å². The molecule has 4 heteroatoms. The van der Waals surface area contributed by atoms with Crippen molar-refractivity contribution in [2.45, 2.75) is 26.2 Å². The predicted molar refractivity (Wildman–Crippen MR) is 67.6 cm³/mol. The third kappa shape index (κ3) is 4.72. The van der Waals surface area contributed by atoms with E-state index >= 15 is 0 Å². The van der Waals surface area contributed by atoms with Crippen LogP contribution in [0.1, 0.15) is 24.0 Å². The summed E-state index contributed by atoms with van der Waals surface area (Å²) in [6.45, 7) is 3.25. The minimum absolute atomic E-state index is 0.214. The van der Waals surface area contributed by atoms with Crippen LogP contribution in [0.15, 0.2) is 12.1 Å². The lowest BCUT2D eigenvalue weighted by molar-refractivity contribution is 0.612. The molecule has 0 aromatic heterocycles. The van der Waals surface area contributed by atoms with Gasteiger partial charge in [-0.15, -0.1) is 0 Å². The SMILES string of the molecule is Cc1cc(Cl)c(CCNCCCC#N)cc1F. The van der Waals surface area contributed by atoms with E-state index in [-0.39, 0.29) is 5.82 Å². The van der Waals surface area contributed by atoms with Crippen LogP contribution in [0.25, 0.3) is 0 Å². The summed E-state index contributed by atoms with van der Waals surface area (Å²) in [6.07, 6.45) is 2.10. The standard InChI is InChI=1S/C13H16ClFN2/c1-10-8-12(14)11(9-13(10)15)4-7-17-6-3-2-5-16/h8-9,17H,2-4,6-7H2,1H3. The fourth-order valence-corrected chi connectivity index (χ4v) is 1.83. The molecule has 0 bridgehead atoms. The van der Waals surface area contributed by atoms with Gasteiger partial charge in [0.05, 0.1) is 6.07 Å². The van der Waals surface area contributed by atoms with Crippen LogP contribution in [0.3, 0.4) is 0 Å². The van der Waals surface area contributed by atoms with Gasteiger partial charge in [0.2, 0.25) is 0 Å². The average molecular weight is 255 g/mol. The van der Waals surface area contributed by atoms with Gasteiger partial charge in [-0.2, -0.15) is 5.26 Å². The number of hydrogen-bond donors (Lipinski definition) is 1. The summed E-state index contributed by atoms with van der Waals surface area (Å²) >= 11 is 6.03. The molecule has 0 heterocycles. The molecule has 0 aliphatic heterocycles. The van der Waals surface area contributed by atoms with E-state index in [4.69, 9.17) is 16.9 Å². The van der Waals surface area contributed by atoms with E-state index < -0.39 is 0 Å². The molecule has 0 saturated carbocycles. The molecule has 0 amide bonds. The second-order valence-electron chi connectivity index (χ2n) is 3.95. The largest absolute Gasteiger partial charge is 0.316 e. The van der Waals surface area contributed by atoms with Gasteiger partial charge in [-0.1, -0.05) is 11.6 Å². The molecule has 0 atom stereocenters. The highest BCUT2D eigenvalue weighted by Gasteiger charge is 2.05. The van der Waals surface area contributed by atoms with Gasteiger partial charge in [0, 0.05) is 11.4 Å². The van der Waals surface area contributed by atoms with Crippen molar-refractivity contribution in [1.29, 1.82) is 5.26 Å². The number of halogens is 2. The smallest absolute Gasteiger partial charge is 0.126 e. The third-order valence-electron chi connectivity index (χ3n) is 2.54. The highest BCUT2D eigenvalue weighted by Crippen LogP contribution is 2.20. The van der Waals surface area contributed by atoms with Gasteiger partial charge in [0.1, 0.15) is 5.82 Å². The van der Waals surface area contributed by atoms with Gasteiger partial charge in [-0.3, -0.25) is 0 Å². The van der Waals surface area contributed by atoms with E-state index in [0.29, 0.717) is 23.4 Å². The van der Waals surface area contributed by atoms with E-state index in [1.807, 2.05) is 0 Å². The molecule has 1 aromatic carbocycles. The van der Waals surface area contributed by atoms with Gasteiger partial charge < -0.3 is 5.32 Å². The molecule has 17 heavy (non-hydrogen) atoms. The van der Waals surface area contributed by atoms with Gasteiger partial charge >= 0.3 is 0 Å². The van der Waals surface area contributed by atoms with Crippen LogP contribution in [0.2, 0.25) is 5.02 Å². The molecule has 0 fully saturated rings. The van der Waals surface area contributed by atoms with Crippen molar-refractivity contribution in [3.63, 3.8) is 0 Å². The van der Waals surface area contributed by atoms with Crippen LogP contribution in [0, 0.1) is 24.1 Å². The summed E-state index contributed by atoms with van der Waals surface area (Å²) in [7, 11) is 0. The van der Waals surface area contributed by atoms with Crippen LogP contribution in [0.4, 0.5) is 4.39 Å². The van der Waals surface area contributed by atoms with Crippen molar-refractivity contribution in [2.24, 2.45) is 0 Å². The lowest BCUT2D eigenvalue weighted by Gasteiger charge is -2.07. The van der Waals surface area contributed by atoms with Crippen LogP contribution in [-0.2, 0) is 6.42 Å². The number of unbranched alkanes of at least 4 members (excludes halogenated alkanes) is 1. The quantitative estimate of drug-likeness (QED) is 0.792. The van der Waals surface area contributed by atoms with Crippen LogP contribution in [-0.4, -0.2) is 13.1 Å². The highest BCUT2D eigenvalue weighted by atomic mass is 35.5. The molecule has 0 saturated heterocycles. The monoisotopic (exact) mass is 254 g/mol. The maximum absolute atomic E-state index is 13.3. The molecule has 0 unspecified atom stereocenters. The number of hydrogen-bond acceptors (Lipinski definition) is 2. The summed E-state index contributed by atoms with van der Waals surface area (Å²) < 4.78 is 13.3. The maximum Gasteiger partial charge on any atom is 0.126 e. The van der Waals surface area contributed by atoms with Crippen molar-refractivity contribution < 1.29 is 4.39 Å². The Hall–Kier alpha value is -1.11. The predicted octanol–water partition coefficient (Wildman–Crippen LogP) is 3.22. The Kier molecular flexibility index (Phi) is 5.96. The number of rotatable bonds is 6. The molecule has 1 N–H and O–H groups in total. The fraction of sp³-hybridized carbons (Fsp3) is 0.462. The second kappa shape index (κ2) is 7.26. The Morgan fingerprint density at radius 1 is 1.41 bits per heavy atom. The second-order valence-corrected chi connectivity index (χ2v) is 4.36. The Morgan fingerprint density at radius 2 is 2.18 bits per heavy atom. The Bertz CT molecular complexity index is 413. The Labute approximate surface area is 106 Å². The molecule has 1 rings (SSSR count). The molecule has 2 nitrogen and oxygen atoms in total. The number of nitrogens with zero attached hydrogens (tertiary/aromatic N) is 1. The first-order chi connectivity index (χ1) is 8.15.